The predicted octanol–water partition coefficient (Wildman–Crippen LogP) is 3.95. The van der Waals surface area contributed by atoms with Crippen molar-refractivity contribution in [3.63, 3.8) is 0 Å². The van der Waals surface area contributed by atoms with E-state index in [1.54, 1.807) is 0 Å². The first-order chi connectivity index (χ1) is 7.78. The summed E-state index contributed by atoms with van der Waals surface area (Å²) in [4.78, 5) is 11.6. The maximum atomic E-state index is 13.3. The Hall–Kier alpha value is -0.740. The van der Waals surface area contributed by atoms with Crippen molar-refractivity contribution in [1.29, 1.82) is 0 Å². The van der Waals surface area contributed by atoms with Crippen LogP contribution in [0.15, 0.2) is 18.2 Å². The van der Waals surface area contributed by atoms with Crippen molar-refractivity contribution >= 4 is 35.0 Å². The van der Waals surface area contributed by atoms with Gasteiger partial charge in [0.1, 0.15) is 5.82 Å². The van der Waals surface area contributed by atoms with Crippen LogP contribution >= 0.6 is 23.4 Å². The minimum Gasteiger partial charge on any atom is -0.323 e. The van der Waals surface area contributed by atoms with Crippen molar-refractivity contribution < 1.29 is 9.18 Å². The van der Waals surface area contributed by atoms with E-state index in [9.17, 15) is 9.18 Å². The van der Waals surface area contributed by atoms with Gasteiger partial charge >= 0.3 is 0 Å². The predicted molar refractivity (Wildman–Crippen MR) is 72.3 cm³/mol. The first-order valence-electron chi connectivity index (χ1n) is 5.17. The van der Waals surface area contributed by atoms with Crippen LogP contribution in [0.25, 0.3) is 0 Å². The summed E-state index contributed by atoms with van der Waals surface area (Å²) in [7, 11) is 0. The second kappa shape index (κ2) is 5.74. The zero-order valence-electron chi connectivity index (χ0n) is 10.0. The minimum atomic E-state index is -0.483. The van der Waals surface area contributed by atoms with Crippen LogP contribution in [0.4, 0.5) is 10.1 Å². The molecule has 0 spiro atoms. The molecule has 0 heterocycles. The van der Waals surface area contributed by atoms with Crippen LogP contribution in [0.3, 0.4) is 0 Å². The molecule has 0 aliphatic rings. The molecule has 0 fully saturated rings. The van der Waals surface area contributed by atoms with Gasteiger partial charge < -0.3 is 5.32 Å². The van der Waals surface area contributed by atoms with Gasteiger partial charge in [0.15, 0.2) is 0 Å². The summed E-state index contributed by atoms with van der Waals surface area (Å²) in [6.45, 7) is 6.06. The highest BCUT2D eigenvalue weighted by Gasteiger charge is 2.14. The van der Waals surface area contributed by atoms with Crippen molar-refractivity contribution in [3.05, 3.63) is 29.0 Å². The van der Waals surface area contributed by atoms with E-state index in [0.29, 0.717) is 5.02 Å². The summed E-state index contributed by atoms with van der Waals surface area (Å²) >= 11 is 7.23. The number of benzene rings is 1. The van der Waals surface area contributed by atoms with E-state index in [1.807, 2.05) is 20.8 Å². The summed E-state index contributed by atoms with van der Waals surface area (Å²) in [5, 5.41) is 2.90. The number of anilines is 1. The molecule has 1 amide bonds. The number of halogens is 2. The zero-order chi connectivity index (χ0) is 13.1. The van der Waals surface area contributed by atoms with E-state index in [4.69, 9.17) is 11.6 Å². The summed E-state index contributed by atoms with van der Waals surface area (Å²) in [5.41, 5.74) is 0.122. The molecule has 0 atom stereocenters. The molecule has 1 rings (SSSR count). The second-order valence-electron chi connectivity index (χ2n) is 4.57. The molecular weight excluding hydrogens is 261 g/mol. The second-order valence-corrected chi connectivity index (χ2v) is 6.81. The summed E-state index contributed by atoms with van der Waals surface area (Å²) < 4.78 is 13.3. The first-order valence-corrected chi connectivity index (χ1v) is 6.53. The Morgan fingerprint density at radius 3 is 2.71 bits per heavy atom. The number of hydrogen-bond donors (Lipinski definition) is 1. The molecule has 0 unspecified atom stereocenters. The molecule has 0 saturated heterocycles. The van der Waals surface area contributed by atoms with E-state index >= 15 is 0 Å². The monoisotopic (exact) mass is 275 g/mol. The van der Waals surface area contributed by atoms with Crippen LogP contribution in [0.2, 0.25) is 5.02 Å². The average Bonchev–Trinajstić information content (AvgIpc) is 2.20. The van der Waals surface area contributed by atoms with Gasteiger partial charge in [-0.25, -0.2) is 4.39 Å². The molecular formula is C12H15ClFNOS. The molecule has 2 nitrogen and oxygen atoms in total. The number of nitrogens with one attached hydrogen (secondary N) is 1. The Morgan fingerprint density at radius 1 is 1.47 bits per heavy atom. The van der Waals surface area contributed by atoms with Crippen molar-refractivity contribution in [2.24, 2.45) is 0 Å². The van der Waals surface area contributed by atoms with Crippen LogP contribution in [0.5, 0.6) is 0 Å². The molecule has 5 heteroatoms. The SMILES string of the molecule is CC(C)(C)SCC(=O)Nc1cc(Cl)ccc1F. The molecule has 0 radical (unpaired) electrons. The minimum absolute atomic E-state index is 0.00418. The molecule has 0 aromatic heterocycles. The number of amides is 1. The maximum absolute atomic E-state index is 13.3. The molecule has 1 N–H and O–H groups in total. The Morgan fingerprint density at radius 2 is 2.12 bits per heavy atom. The highest BCUT2D eigenvalue weighted by atomic mass is 35.5. The van der Waals surface area contributed by atoms with Crippen molar-refractivity contribution in [2.75, 3.05) is 11.1 Å². The van der Waals surface area contributed by atoms with Crippen molar-refractivity contribution in [1.82, 2.24) is 0 Å². The normalized spacial score (nSPS) is 11.4. The maximum Gasteiger partial charge on any atom is 0.234 e. The largest absolute Gasteiger partial charge is 0.323 e. The number of carbonyl (C=O) groups excluding carboxylic acids is 1. The molecule has 0 aliphatic carbocycles. The molecule has 0 saturated carbocycles. The van der Waals surface area contributed by atoms with E-state index in [1.165, 1.54) is 30.0 Å². The fourth-order valence-corrected chi connectivity index (χ4v) is 1.87. The molecule has 94 valence electrons. The molecule has 1 aromatic carbocycles. The van der Waals surface area contributed by atoms with Crippen molar-refractivity contribution in [2.45, 2.75) is 25.5 Å². The van der Waals surface area contributed by atoms with Crippen molar-refractivity contribution in [3.8, 4) is 0 Å². The van der Waals surface area contributed by atoms with Gasteiger partial charge in [-0.1, -0.05) is 32.4 Å². The third-order valence-electron chi connectivity index (χ3n) is 1.84. The Balaban J connectivity index is 2.59. The van der Waals surface area contributed by atoms with Gasteiger partial charge in [0.25, 0.3) is 0 Å². The Kier molecular flexibility index (Phi) is 4.83. The van der Waals surface area contributed by atoms with Gasteiger partial charge in [0.05, 0.1) is 11.4 Å². The number of rotatable bonds is 3. The summed E-state index contributed by atoms with van der Waals surface area (Å²) in [6.07, 6.45) is 0. The van der Waals surface area contributed by atoms with Gasteiger partial charge in [-0.15, -0.1) is 11.8 Å². The number of hydrogen-bond acceptors (Lipinski definition) is 2. The van der Waals surface area contributed by atoms with Crippen LogP contribution in [-0.2, 0) is 4.79 Å². The van der Waals surface area contributed by atoms with E-state index in [-0.39, 0.29) is 22.1 Å². The van der Waals surface area contributed by atoms with E-state index in [2.05, 4.69) is 5.32 Å². The fraction of sp³-hybridized carbons (Fsp3) is 0.417. The highest BCUT2D eigenvalue weighted by molar-refractivity contribution is 8.01. The van der Waals surface area contributed by atoms with Crippen LogP contribution in [0, 0.1) is 5.82 Å². The first kappa shape index (κ1) is 14.3. The fourth-order valence-electron chi connectivity index (χ4n) is 1.06. The van der Waals surface area contributed by atoms with E-state index < -0.39 is 5.82 Å². The van der Waals surface area contributed by atoms with Gasteiger partial charge in [0.2, 0.25) is 5.91 Å². The lowest BCUT2D eigenvalue weighted by Gasteiger charge is -2.17. The van der Waals surface area contributed by atoms with Gasteiger partial charge in [-0.3, -0.25) is 4.79 Å². The smallest absolute Gasteiger partial charge is 0.234 e. The highest BCUT2D eigenvalue weighted by Crippen LogP contribution is 2.24. The topological polar surface area (TPSA) is 29.1 Å². The lowest BCUT2D eigenvalue weighted by atomic mass is 10.3. The third-order valence-corrected chi connectivity index (χ3v) is 3.35. The third kappa shape index (κ3) is 5.41. The number of thioether (sulfide) groups is 1. The lowest BCUT2D eigenvalue weighted by molar-refractivity contribution is -0.113. The van der Waals surface area contributed by atoms with Crippen LogP contribution < -0.4 is 5.32 Å². The average molecular weight is 276 g/mol. The number of carbonyl (C=O) groups is 1. The zero-order valence-corrected chi connectivity index (χ0v) is 11.6. The molecule has 0 aliphatic heterocycles. The Bertz CT molecular complexity index is 417. The van der Waals surface area contributed by atoms with E-state index in [0.717, 1.165) is 0 Å². The van der Waals surface area contributed by atoms with Gasteiger partial charge in [0, 0.05) is 9.77 Å². The summed E-state index contributed by atoms with van der Waals surface area (Å²) in [5.74, 6) is -0.426. The summed E-state index contributed by atoms with van der Waals surface area (Å²) in [6, 6.07) is 4.07. The molecule has 0 bridgehead atoms. The molecule has 1 aromatic rings. The lowest BCUT2D eigenvalue weighted by Crippen LogP contribution is -2.19. The van der Waals surface area contributed by atoms with Crippen LogP contribution in [0.1, 0.15) is 20.8 Å². The Labute approximate surface area is 110 Å². The van der Waals surface area contributed by atoms with Crippen LogP contribution in [-0.4, -0.2) is 16.4 Å². The molecule has 17 heavy (non-hydrogen) atoms. The standard InChI is InChI=1S/C12H15ClFNOS/c1-12(2,3)17-7-11(16)15-10-6-8(13)4-5-9(10)14/h4-6H,7H2,1-3H3,(H,15,16). The van der Waals surface area contributed by atoms with Gasteiger partial charge in [-0.2, -0.15) is 0 Å². The van der Waals surface area contributed by atoms with Gasteiger partial charge in [-0.05, 0) is 18.2 Å². The quantitative estimate of drug-likeness (QED) is 0.905.